The van der Waals surface area contributed by atoms with Gasteiger partial charge in [-0.05, 0) is 50.3 Å². The minimum atomic E-state index is -0.971. The van der Waals surface area contributed by atoms with Crippen molar-refractivity contribution in [1.29, 1.82) is 0 Å². The van der Waals surface area contributed by atoms with Crippen molar-refractivity contribution < 1.29 is 19.8 Å². The van der Waals surface area contributed by atoms with Crippen molar-refractivity contribution in [3.8, 4) is 5.75 Å². The highest BCUT2D eigenvalue weighted by Gasteiger charge is 2.43. The average Bonchev–Trinajstić information content (AvgIpc) is 2.50. The molecule has 1 fully saturated rings. The molecule has 0 radical (unpaired) electrons. The van der Waals surface area contributed by atoms with Gasteiger partial charge >= 0.3 is 5.97 Å². The highest BCUT2D eigenvalue weighted by Crippen LogP contribution is 2.42. The molecule has 1 amide bonds. The van der Waals surface area contributed by atoms with Gasteiger partial charge in [0.05, 0.1) is 17.5 Å². The molecule has 1 aromatic carbocycles. The molecule has 5 nitrogen and oxygen atoms in total. The summed E-state index contributed by atoms with van der Waals surface area (Å²) in [6.07, 6.45) is 4.75. The van der Waals surface area contributed by atoms with Crippen molar-refractivity contribution in [2.24, 2.45) is 11.3 Å². The van der Waals surface area contributed by atoms with Gasteiger partial charge in [-0.2, -0.15) is 0 Å². The molecule has 0 bridgehead atoms. The van der Waals surface area contributed by atoms with Gasteiger partial charge < -0.3 is 15.5 Å². The molecule has 5 heteroatoms. The molecule has 23 heavy (non-hydrogen) atoms. The van der Waals surface area contributed by atoms with Gasteiger partial charge in [-0.15, -0.1) is 0 Å². The fraction of sp³-hybridized carbons (Fsp3) is 0.556. The fourth-order valence-electron chi connectivity index (χ4n) is 3.48. The second kappa shape index (κ2) is 7.02. The van der Waals surface area contributed by atoms with Gasteiger partial charge in [0, 0.05) is 0 Å². The van der Waals surface area contributed by atoms with Crippen molar-refractivity contribution >= 4 is 17.6 Å². The minimum absolute atomic E-state index is 0.000306. The summed E-state index contributed by atoms with van der Waals surface area (Å²) in [6.45, 7) is 3.58. The van der Waals surface area contributed by atoms with E-state index in [1.54, 1.807) is 25.1 Å². The van der Waals surface area contributed by atoms with Crippen LogP contribution in [0.1, 0.15) is 51.0 Å². The summed E-state index contributed by atoms with van der Waals surface area (Å²) >= 11 is 0. The first-order chi connectivity index (χ1) is 10.8. The molecule has 2 rings (SSSR count). The van der Waals surface area contributed by atoms with E-state index in [9.17, 15) is 19.8 Å². The predicted octanol–water partition coefficient (Wildman–Crippen LogP) is 3.70. The number of phenols is 1. The lowest BCUT2D eigenvalue weighted by atomic mass is 9.67. The van der Waals surface area contributed by atoms with E-state index in [0.29, 0.717) is 5.69 Å². The quantitative estimate of drug-likeness (QED) is 0.722. The number of aromatic hydroxyl groups is 1. The van der Waals surface area contributed by atoms with E-state index in [1.807, 2.05) is 6.92 Å². The van der Waals surface area contributed by atoms with E-state index in [1.165, 1.54) is 0 Å². The van der Waals surface area contributed by atoms with Crippen LogP contribution in [0, 0.1) is 18.3 Å². The first-order valence-corrected chi connectivity index (χ1v) is 8.16. The number of aryl methyl sites for hydroxylation is 1. The number of carbonyl (C=O) groups excluding carboxylic acids is 1. The first-order valence-electron chi connectivity index (χ1n) is 8.16. The molecule has 3 N–H and O–H groups in total. The number of nitrogens with one attached hydrogen (secondary N) is 1. The third-order valence-corrected chi connectivity index (χ3v) is 4.94. The van der Waals surface area contributed by atoms with E-state index in [4.69, 9.17) is 0 Å². The predicted molar refractivity (Wildman–Crippen MR) is 88.4 cm³/mol. The lowest BCUT2D eigenvalue weighted by molar-refractivity contribution is -0.145. The van der Waals surface area contributed by atoms with Crippen LogP contribution in [0.2, 0.25) is 0 Å². The van der Waals surface area contributed by atoms with E-state index in [0.717, 1.165) is 37.7 Å². The molecule has 0 aromatic heterocycles. The van der Waals surface area contributed by atoms with Gasteiger partial charge in [0.15, 0.2) is 0 Å². The highest BCUT2D eigenvalue weighted by molar-refractivity contribution is 5.98. The summed E-state index contributed by atoms with van der Waals surface area (Å²) in [5.41, 5.74) is 0.248. The van der Waals surface area contributed by atoms with Crippen molar-refractivity contribution in [1.82, 2.24) is 0 Å². The second-order valence-corrected chi connectivity index (χ2v) is 6.80. The summed E-state index contributed by atoms with van der Waals surface area (Å²) in [5.74, 6) is -1.24. The molecule has 1 unspecified atom stereocenters. The van der Waals surface area contributed by atoms with Crippen LogP contribution in [-0.4, -0.2) is 22.1 Å². The number of carboxylic acid groups (broad SMARTS) is 1. The molecule has 0 heterocycles. The zero-order valence-electron chi connectivity index (χ0n) is 13.8. The standard InChI is InChI=1S/C18H25NO4/c1-12-8-9-14(15(20)10-12)19-17(23)18(2,11-16(21)22)13-6-4-3-5-7-13/h8-10,13,20H,3-7,11H2,1-2H3,(H,19,23)(H,21,22). The van der Waals surface area contributed by atoms with Crippen molar-refractivity contribution in [3.63, 3.8) is 0 Å². The highest BCUT2D eigenvalue weighted by atomic mass is 16.4. The van der Waals surface area contributed by atoms with Gasteiger partial charge in [-0.1, -0.05) is 25.3 Å². The Morgan fingerprint density at radius 1 is 1.26 bits per heavy atom. The largest absolute Gasteiger partial charge is 0.506 e. The third-order valence-electron chi connectivity index (χ3n) is 4.94. The van der Waals surface area contributed by atoms with Crippen molar-refractivity contribution in [2.45, 2.75) is 52.4 Å². The molecule has 1 atom stereocenters. The molecular weight excluding hydrogens is 294 g/mol. The van der Waals surface area contributed by atoms with E-state index in [2.05, 4.69) is 5.32 Å². The zero-order chi connectivity index (χ0) is 17.0. The Morgan fingerprint density at radius 3 is 2.48 bits per heavy atom. The number of hydrogen-bond donors (Lipinski definition) is 3. The van der Waals surface area contributed by atoms with Gasteiger partial charge in [0.25, 0.3) is 0 Å². The van der Waals surface area contributed by atoms with E-state index in [-0.39, 0.29) is 24.0 Å². The number of aliphatic carboxylic acids is 1. The lowest BCUT2D eigenvalue weighted by Gasteiger charge is -2.37. The Labute approximate surface area is 136 Å². The number of phenolic OH excluding ortho intramolecular Hbond substituents is 1. The van der Waals surface area contributed by atoms with Crippen LogP contribution in [0.25, 0.3) is 0 Å². The maximum atomic E-state index is 12.8. The zero-order valence-corrected chi connectivity index (χ0v) is 13.8. The number of anilines is 1. The number of amides is 1. The summed E-state index contributed by atoms with van der Waals surface area (Å²) in [5, 5.41) is 22.0. The van der Waals surface area contributed by atoms with Gasteiger partial charge in [0.1, 0.15) is 5.75 Å². The maximum absolute atomic E-state index is 12.8. The Kier molecular flexibility index (Phi) is 5.29. The molecule has 1 saturated carbocycles. The van der Waals surface area contributed by atoms with Gasteiger partial charge in [-0.3, -0.25) is 9.59 Å². The van der Waals surface area contributed by atoms with Gasteiger partial charge in [0.2, 0.25) is 5.91 Å². The van der Waals surface area contributed by atoms with Gasteiger partial charge in [-0.25, -0.2) is 0 Å². The topological polar surface area (TPSA) is 86.6 Å². The molecule has 0 saturated heterocycles. The number of hydrogen-bond acceptors (Lipinski definition) is 3. The third kappa shape index (κ3) is 4.03. The second-order valence-electron chi connectivity index (χ2n) is 6.80. The summed E-state index contributed by atoms with van der Waals surface area (Å²) in [7, 11) is 0. The number of benzene rings is 1. The molecule has 0 spiro atoms. The SMILES string of the molecule is Cc1ccc(NC(=O)C(C)(CC(=O)O)C2CCCCC2)c(O)c1. The van der Waals surface area contributed by atoms with E-state index >= 15 is 0 Å². The summed E-state index contributed by atoms with van der Waals surface area (Å²) in [6, 6.07) is 5.01. The Hall–Kier alpha value is -2.04. The van der Waals surface area contributed by atoms with Crippen molar-refractivity contribution in [2.75, 3.05) is 5.32 Å². The maximum Gasteiger partial charge on any atom is 0.304 e. The molecule has 1 aliphatic carbocycles. The van der Waals surface area contributed by atoms with Crippen LogP contribution < -0.4 is 5.32 Å². The molecule has 0 aliphatic heterocycles. The minimum Gasteiger partial charge on any atom is -0.506 e. The lowest BCUT2D eigenvalue weighted by Crippen LogP contribution is -2.42. The van der Waals surface area contributed by atoms with Crippen LogP contribution in [0.15, 0.2) is 18.2 Å². The summed E-state index contributed by atoms with van der Waals surface area (Å²) < 4.78 is 0. The van der Waals surface area contributed by atoms with Crippen LogP contribution in [-0.2, 0) is 9.59 Å². The monoisotopic (exact) mass is 319 g/mol. The molecule has 1 aromatic rings. The van der Waals surface area contributed by atoms with E-state index < -0.39 is 11.4 Å². The normalized spacial score (nSPS) is 18.2. The van der Waals surface area contributed by atoms with Crippen LogP contribution in [0.4, 0.5) is 5.69 Å². The fourth-order valence-corrected chi connectivity index (χ4v) is 3.48. The number of carboxylic acids is 1. The number of carbonyl (C=O) groups is 2. The average molecular weight is 319 g/mol. The molecule has 126 valence electrons. The molecular formula is C18H25NO4. The van der Waals surface area contributed by atoms with Crippen LogP contribution in [0.5, 0.6) is 5.75 Å². The van der Waals surface area contributed by atoms with Crippen molar-refractivity contribution in [3.05, 3.63) is 23.8 Å². The number of rotatable bonds is 5. The smallest absolute Gasteiger partial charge is 0.304 e. The summed E-state index contributed by atoms with van der Waals surface area (Å²) in [4.78, 5) is 24.1. The Bertz CT molecular complexity index is 593. The first kappa shape index (κ1) is 17.3. The van der Waals surface area contributed by atoms with Crippen LogP contribution >= 0.6 is 0 Å². The molecule has 1 aliphatic rings. The van der Waals surface area contributed by atoms with Crippen LogP contribution in [0.3, 0.4) is 0 Å². The Morgan fingerprint density at radius 2 is 1.91 bits per heavy atom. The Balaban J connectivity index is 2.23.